The molecule has 114 valence electrons. The zero-order chi connectivity index (χ0) is 16.0. The lowest BCUT2D eigenvalue weighted by atomic mass is 10.1. The molecule has 0 aromatic heterocycles. The van der Waals surface area contributed by atoms with Crippen molar-refractivity contribution >= 4 is 35.1 Å². The van der Waals surface area contributed by atoms with Crippen molar-refractivity contribution < 1.29 is 19.4 Å². The molecule has 0 aliphatic carbocycles. The van der Waals surface area contributed by atoms with Gasteiger partial charge in [0.15, 0.2) is 0 Å². The second kappa shape index (κ2) is 7.90. The van der Waals surface area contributed by atoms with Gasteiger partial charge < -0.3 is 15.2 Å². The standard InChI is InChI=1S/C14H15Cl2NO4/c1-3-4-5-11(14(19)20)17-13(18)8-6-9(15)10(16)7-12(8)21-2/h3-4,6-7,11H,5H2,1-2H3,(H,17,18)(H,19,20)/b4-3+. The second-order valence-corrected chi connectivity index (χ2v) is 4.95. The molecule has 1 unspecified atom stereocenters. The van der Waals surface area contributed by atoms with Crippen LogP contribution in [0.3, 0.4) is 0 Å². The van der Waals surface area contributed by atoms with E-state index in [1.165, 1.54) is 19.2 Å². The number of methoxy groups -OCH3 is 1. The molecule has 0 aliphatic rings. The molecule has 21 heavy (non-hydrogen) atoms. The highest BCUT2D eigenvalue weighted by Gasteiger charge is 2.22. The summed E-state index contributed by atoms with van der Waals surface area (Å²) >= 11 is 11.7. The zero-order valence-corrected chi connectivity index (χ0v) is 13.0. The summed E-state index contributed by atoms with van der Waals surface area (Å²) in [5.41, 5.74) is 0.124. The molecule has 1 amide bonds. The molecule has 0 saturated carbocycles. The van der Waals surface area contributed by atoms with Gasteiger partial charge in [0.05, 0.1) is 22.7 Å². The molecule has 1 rings (SSSR count). The number of rotatable bonds is 6. The van der Waals surface area contributed by atoms with Crippen LogP contribution in [-0.4, -0.2) is 30.1 Å². The number of halogens is 2. The number of allylic oxidation sites excluding steroid dienone is 1. The smallest absolute Gasteiger partial charge is 0.326 e. The summed E-state index contributed by atoms with van der Waals surface area (Å²) in [5, 5.41) is 11.9. The van der Waals surface area contributed by atoms with Crippen LogP contribution in [-0.2, 0) is 4.79 Å². The van der Waals surface area contributed by atoms with Gasteiger partial charge in [0.2, 0.25) is 0 Å². The average molecular weight is 332 g/mol. The molecule has 1 aromatic carbocycles. The highest BCUT2D eigenvalue weighted by Crippen LogP contribution is 2.30. The van der Waals surface area contributed by atoms with Crippen molar-refractivity contribution in [1.82, 2.24) is 5.32 Å². The molecule has 0 heterocycles. The lowest BCUT2D eigenvalue weighted by molar-refractivity contribution is -0.139. The third-order valence-corrected chi connectivity index (χ3v) is 3.42. The number of hydrogen-bond donors (Lipinski definition) is 2. The van der Waals surface area contributed by atoms with Gasteiger partial charge in [0.1, 0.15) is 11.8 Å². The predicted octanol–water partition coefficient (Wildman–Crippen LogP) is 3.15. The van der Waals surface area contributed by atoms with Crippen LogP contribution in [0, 0.1) is 0 Å². The minimum Gasteiger partial charge on any atom is -0.496 e. The van der Waals surface area contributed by atoms with Crippen LogP contribution in [0.15, 0.2) is 24.3 Å². The summed E-state index contributed by atoms with van der Waals surface area (Å²) in [6.45, 7) is 1.77. The maximum Gasteiger partial charge on any atom is 0.326 e. The van der Waals surface area contributed by atoms with E-state index in [0.29, 0.717) is 0 Å². The van der Waals surface area contributed by atoms with E-state index < -0.39 is 17.9 Å². The number of ether oxygens (including phenoxy) is 1. The Morgan fingerprint density at radius 2 is 2.00 bits per heavy atom. The Hall–Kier alpha value is -1.72. The topological polar surface area (TPSA) is 75.6 Å². The predicted molar refractivity (Wildman–Crippen MR) is 81.3 cm³/mol. The van der Waals surface area contributed by atoms with Gasteiger partial charge in [-0.25, -0.2) is 4.79 Å². The Balaban J connectivity index is 3.02. The number of carboxylic acid groups (broad SMARTS) is 1. The van der Waals surface area contributed by atoms with Crippen molar-refractivity contribution in [1.29, 1.82) is 0 Å². The maximum atomic E-state index is 12.2. The van der Waals surface area contributed by atoms with Gasteiger partial charge in [-0.1, -0.05) is 35.4 Å². The van der Waals surface area contributed by atoms with Gasteiger partial charge in [-0.3, -0.25) is 4.79 Å². The lowest BCUT2D eigenvalue weighted by Gasteiger charge is -2.15. The van der Waals surface area contributed by atoms with Crippen LogP contribution in [0.4, 0.5) is 0 Å². The molecule has 0 radical (unpaired) electrons. The van der Waals surface area contributed by atoms with Gasteiger partial charge in [-0.15, -0.1) is 0 Å². The second-order valence-electron chi connectivity index (χ2n) is 4.14. The van der Waals surface area contributed by atoms with Gasteiger partial charge in [0.25, 0.3) is 5.91 Å². The Morgan fingerprint density at radius 3 is 2.52 bits per heavy atom. The normalized spacial score (nSPS) is 12.2. The fourth-order valence-electron chi connectivity index (χ4n) is 1.60. The first-order valence-electron chi connectivity index (χ1n) is 6.08. The highest BCUT2D eigenvalue weighted by atomic mass is 35.5. The number of aliphatic carboxylic acids is 1. The van der Waals surface area contributed by atoms with Crippen molar-refractivity contribution in [2.75, 3.05) is 7.11 Å². The minimum absolute atomic E-state index is 0.124. The van der Waals surface area contributed by atoms with Crippen molar-refractivity contribution in [2.45, 2.75) is 19.4 Å². The van der Waals surface area contributed by atoms with Crippen LogP contribution < -0.4 is 10.1 Å². The van der Waals surface area contributed by atoms with E-state index in [1.54, 1.807) is 19.1 Å². The summed E-state index contributed by atoms with van der Waals surface area (Å²) in [6.07, 6.45) is 3.55. The highest BCUT2D eigenvalue weighted by molar-refractivity contribution is 6.42. The van der Waals surface area contributed by atoms with Gasteiger partial charge in [-0.05, 0) is 19.4 Å². The molecule has 1 atom stereocenters. The van der Waals surface area contributed by atoms with E-state index in [2.05, 4.69) is 5.32 Å². The first-order valence-corrected chi connectivity index (χ1v) is 6.84. The van der Waals surface area contributed by atoms with Gasteiger partial charge in [0, 0.05) is 6.07 Å². The first kappa shape index (κ1) is 17.3. The quantitative estimate of drug-likeness (QED) is 0.785. The van der Waals surface area contributed by atoms with Crippen molar-refractivity contribution in [3.8, 4) is 5.75 Å². The lowest BCUT2D eigenvalue weighted by Crippen LogP contribution is -2.40. The minimum atomic E-state index is -1.12. The number of amides is 1. The van der Waals surface area contributed by atoms with Crippen LogP contribution in [0.2, 0.25) is 10.0 Å². The Labute approximate surface area is 132 Å². The van der Waals surface area contributed by atoms with Crippen LogP contribution in [0.5, 0.6) is 5.75 Å². The molecule has 0 saturated heterocycles. The zero-order valence-electron chi connectivity index (χ0n) is 11.5. The van der Waals surface area contributed by atoms with E-state index >= 15 is 0 Å². The van der Waals surface area contributed by atoms with Crippen molar-refractivity contribution in [3.05, 3.63) is 39.9 Å². The summed E-state index contributed by atoms with van der Waals surface area (Å²) in [7, 11) is 1.38. The monoisotopic (exact) mass is 331 g/mol. The number of carboxylic acids is 1. The largest absolute Gasteiger partial charge is 0.496 e. The third kappa shape index (κ3) is 4.65. The summed E-state index contributed by atoms with van der Waals surface area (Å²) in [4.78, 5) is 23.3. The van der Waals surface area contributed by atoms with E-state index in [4.69, 9.17) is 33.0 Å². The number of benzene rings is 1. The van der Waals surface area contributed by atoms with E-state index in [9.17, 15) is 9.59 Å². The Bertz CT molecular complexity index is 572. The molecule has 0 spiro atoms. The molecule has 1 aromatic rings. The molecular formula is C14H15Cl2NO4. The number of carbonyl (C=O) groups excluding carboxylic acids is 1. The third-order valence-electron chi connectivity index (χ3n) is 2.70. The van der Waals surface area contributed by atoms with Gasteiger partial charge in [-0.2, -0.15) is 0 Å². The Kier molecular flexibility index (Phi) is 6.52. The summed E-state index contributed by atoms with van der Waals surface area (Å²) in [5.74, 6) is -1.50. The summed E-state index contributed by atoms with van der Waals surface area (Å²) < 4.78 is 5.06. The molecule has 0 fully saturated rings. The van der Waals surface area contributed by atoms with E-state index in [1.807, 2.05) is 0 Å². The molecule has 7 heteroatoms. The number of nitrogens with one attached hydrogen (secondary N) is 1. The van der Waals surface area contributed by atoms with E-state index in [-0.39, 0.29) is 27.8 Å². The Morgan fingerprint density at radius 1 is 1.38 bits per heavy atom. The number of carbonyl (C=O) groups is 2. The van der Waals surface area contributed by atoms with Gasteiger partial charge >= 0.3 is 5.97 Å². The molecule has 0 aliphatic heterocycles. The fourth-order valence-corrected chi connectivity index (χ4v) is 1.92. The van der Waals surface area contributed by atoms with Crippen LogP contribution in [0.25, 0.3) is 0 Å². The molecule has 5 nitrogen and oxygen atoms in total. The van der Waals surface area contributed by atoms with Crippen LogP contribution >= 0.6 is 23.2 Å². The number of hydrogen-bond acceptors (Lipinski definition) is 3. The average Bonchev–Trinajstić information content (AvgIpc) is 2.45. The van der Waals surface area contributed by atoms with Crippen LogP contribution in [0.1, 0.15) is 23.7 Å². The molecule has 2 N–H and O–H groups in total. The fraction of sp³-hybridized carbons (Fsp3) is 0.286. The SMILES string of the molecule is C/C=C/CC(NC(=O)c1cc(Cl)c(Cl)cc1OC)C(=O)O. The first-order chi connectivity index (χ1) is 9.90. The van der Waals surface area contributed by atoms with Crippen molar-refractivity contribution in [3.63, 3.8) is 0 Å². The van der Waals surface area contributed by atoms with Crippen molar-refractivity contribution in [2.24, 2.45) is 0 Å². The maximum absolute atomic E-state index is 12.2. The van der Waals surface area contributed by atoms with E-state index in [0.717, 1.165) is 0 Å². The molecular weight excluding hydrogens is 317 g/mol. The molecule has 0 bridgehead atoms. The summed E-state index contributed by atoms with van der Waals surface area (Å²) in [6, 6.07) is 1.71.